The van der Waals surface area contributed by atoms with Crippen molar-refractivity contribution in [2.75, 3.05) is 26.2 Å². The molecule has 1 heterocycles. The first kappa shape index (κ1) is 17.2. The molecule has 7 nitrogen and oxygen atoms in total. The maximum atomic E-state index is 12.0. The highest BCUT2D eigenvalue weighted by Gasteiger charge is 2.24. The molecule has 0 bridgehead atoms. The fourth-order valence-corrected chi connectivity index (χ4v) is 2.04. The minimum atomic E-state index is -1.17. The van der Waals surface area contributed by atoms with E-state index in [2.05, 4.69) is 24.1 Å². The van der Waals surface area contributed by atoms with Crippen LogP contribution in [0.3, 0.4) is 0 Å². The van der Waals surface area contributed by atoms with Gasteiger partial charge in [-0.05, 0) is 27.7 Å². The Bertz CT molecular complexity index is 463. The highest BCUT2D eigenvalue weighted by Crippen LogP contribution is 2.07. The summed E-state index contributed by atoms with van der Waals surface area (Å²) in [6.45, 7) is 9.57. The summed E-state index contributed by atoms with van der Waals surface area (Å²) in [4.78, 5) is 38.4. The Morgan fingerprint density at radius 2 is 1.52 bits per heavy atom. The van der Waals surface area contributed by atoms with Gasteiger partial charge in [-0.2, -0.15) is 0 Å². The maximum absolute atomic E-state index is 12.0. The van der Waals surface area contributed by atoms with Gasteiger partial charge in [0.25, 0.3) is 5.91 Å². The average Bonchev–Trinajstić information content (AvgIpc) is 2.45. The Balaban J connectivity index is 2.57. The van der Waals surface area contributed by atoms with Gasteiger partial charge in [-0.15, -0.1) is 0 Å². The summed E-state index contributed by atoms with van der Waals surface area (Å²) < 4.78 is 0. The van der Waals surface area contributed by atoms with Gasteiger partial charge in [0.15, 0.2) is 0 Å². The zero-order valence-electron chi connectivity index (χ0n) is 13.0. The van der Waals surface area contributed by atoms with Crippen molar-refractivity contribution in [2.45, 2.75) is 33.7 Å². The number of hydrogen-bond donors (Lipinski definition) is 2. The molecular formula is C14H23N3O4. The van der Waals surface area contributed by atoms with E-state index in [9.17, 15) is 14.4 Å². The summed E-state index contributed by atoms with van der Waals surface area (Å²) in [7, 11) is 0. The monoisotopic (exact) mass is 297 g/mol. The van der Waals surface area contributed by atoms with Gasteiger partial charge in [0.1, 0.15) is 0 Å². The Morgan fingerprint density at radius 1 is 1.00 bits per heavy atom. The van der Waals surface area contributed by atoms with Crippen LogP contribution in [0, 0.1) is 0 Å². The van der Waals surface area contributed by atoms with E-state index < -0.39 is 17.9 Å². The molecule has 118 valence electrons. The smallest absolute Gasteiger partial charge is 0.331 e. The highest BCUT2D eigenvalue weighted by atomic mass is 16.4. The number of aliphatic carboxylic acids is 1. The molecule has 2 N–H and O–H groups in total. The maximum Gasteiger partial charge on any atom is 0.331 e. The van der Waals surface area contributed by atoms with Crippen LogP contribution < -0.4 is 5.32 Å². The molecular weight excluding hydrogens is 274 g/mol. The largest absolute Gasteiger partial charge is 0.478 e. The van der Waals surface area contributed by atoms with E-state index in [1.54, 1.807) is 4.90 Å². The Kier molecular flexibility index (Phi) is 5.90. The number of amides is 3. The SMILES string of the molecule is CC(C(=O)O)=C(C)C(=O)NC(=O)N1CCN(C(C)C)CC1. The molecule has 0 atom stereocenters. The molecule has 21 heavy (non-hydrogen) atoms. The lowest BCUT2D eigenvalue weighted by Crippen LogP contribution is -2.54. The number of carbonyl (C=O) groups excluding carboxylic acids is 2. The third-order valence-corrected chi connectivity index (χ3v) is 3.78. The van der Waals surface area contributed by atoms with Gasteiger partial charge in [0.2, 0.25) is 0 Å². The topological polar surface area (TPSA) is 89.9 Å². The van der Waals surface area contributed by atoms with Gasteiger partial charge >= 0.3 is 12.0 Å². The van der Waals surface area contributed by atoms with Crippen molar-refractivity contribution < 1.29 is 19.5 Å². The molecule has 0 aromatic heterocycles. The summed E-state index contributed by atoms with van der Waals surface area (Å²) in [6, 6.07) is -0.0406. The molecule has 1 aliphatic heterocycles. The van der Waals surface area contributed by atoms with Crippen LogP contribution >= 0.6 is 0 Å². The molecule has 1 rings (SSSR count). The molecule has 0 radical (unpaired) electrons. The van der Waals surface area contributed by atoms with Crippen molar-refractivity contribution in [1.29, 1.82) is 0 Å². The van der Waals surface area contributed by atoms with Gasteiger partial charge in [0, 0.05) is 43.4 Å². The Morgan fingerprint density at radius 3 is 1.95 bits per heavy atom. The van der Waals surface area contributed by atoms with Crippen LogP contribution in [0.4, 0.5) is 4.79 Å². The summed E-state index contributed by atoms with van der Waals surface area (Å²) in [5.74, 6) is -1.83. The van der Waals surface area contributed by atoms with Crippen molar-refractivity contribution >= 4 is 17.9 Å². The second kappa shape index (κ2) is 7.21. The van der Waals surface area contributed by atoms with E-state index in [0.717, 1.165) is 13.1 Å². The highest BCUT2D eigenvalue weighted by molar-refractivity contribution is 6.07. The van der Waals surface area contributed by atoms with Gasteiger partial charge in [-0.25, -0.2) is 9.59 Å². The van der Waals surface area contributed by atoms with Crippen LogP contribution in [-0.4, -0.2) is 65.0 Å². The van der Waals surface area contributed by atoms with Gasteiger partial charge in [-0.3, -0.25) is 15.0 Å². The predicted octanol–water partition coefficient (Wildman–Crippen LogP) is 0.670. The number of nitrogens with zero attached hydrogens (tertiary/aromatic N) is 2. The first-order valence-corrected chi connectivity index (χ1v) is 6.99. The third-order valence-electron chi connectivity index (χ3n) is 3.78. The Hall–Kier alpha value is -1.89. The summed E-state index contributed by atoms with van der Waals surface area (Å²) in [6.07, 6.45) is 0. The molecule has 3 amide bonds. The van der Waals surface area contributed by atoms with Crippen LogP contribution in [0.5, 0.6) is 0 Å². The van der Waals surface area contributed by atoms with Crippen molar-refractivity contribution in [3.8, 4) is 0 Å². The number of carboxylic acids is 1. The fraction of sp³-hybridized carbons (Fsp3) is 0.643. The van der Waals surface area contributed by atoms with E-state index in [1.165, 1.54) is 13.8 Å². The van der Waals surface area contributed by atoms with E-state index >= 15 is 0 Å². The van der Waals surface area contributed by atoms with Crippen LogP contribution in [0.2, 0.25) is 0 Å². The van der Waals surface area contributed by atoms with E-state index in [4.69, 9.17) is 5.11 Å². The number of piperazine rings is 1. The minimum absolute atomic E-state index is 0.0386. The van der Waals surface area contributed by atoms with Crippen molar-refractivity contribution in [2.24, 2.45) is 0 Å². The standard InChI is InChI=1S/C14H23N3O4/c1-9(2)16-5-7-17(8-6-16)14(21)15-12(18)10(3)11(4)13(19)20/h9H,5-8H2,1-4H3,(H,19,20)(H,15,18,21). The number of carbonyl (C=O) groups is 3. The van der Waals surface area contributed by atoms with Gasteiger partial charge in [0.05, 0.1) is 0 Å². The summed E-state index contributed by atoms with van der Waals surface area (Å²) in [5, 5.41) is 11.1. The molecule has 7 heteroatoms. The lowest BCUT2D eigenvalue weighted by Gasteiger charge is -2.36. The first-order valence-electron chi connectivity index (χ1n) is 6.99. The molecule has 1 aliphatic rings. The second-order valence-electron chi connectivity index (χ2n) is 5.43. The van der Waals surface area contributed by atoms with Crippen LogP contribution in [-0.2, 0) is 9.59 Å². The summed E-state index contributed by atoms with van der Waals surface area (Å²) >= 11 is 0. The number of nitrogens with one attached hydrogen (secondary N) is 1. The van der Waals surface area contributed by atoms with Gasteiger partial charge < -0.3 is 10.0 Å². The fourth-order valence-electron chi connectivity index (χ4n) is 2.04. The van der Waals surface area contributed by atoms with E-state index in [0.29, 0.717) is 19.1 Å². The summed E-state index contributed by atoms with van der Waals surface area (Å²) in [5.41, 5.74) is -0.0263. The van der Waals surface area contributed by atoms with E-state index in [1.807, 2.05) is 0 Å². The molecule has 0 aliphatic carbocycles. The molecule has 0 saturated carbocycles. The molecule has 0 aromatic carbocycles. The number of hydrogen-bond acceptors (Lipinski definition) is 4. The average molecular weight is 297 g/mol. The molecule has 1 fully saturated rings. The Labute approximate surface area is 124 Å². The zero-order valence-corrected chi connectivity index (χ0v) is 13.0. The number of urea groups is 1. The molecule has 0 spiro atoms. The van der Waals surface area contributed by atoms with Crippen molar-refractivity contribution in [3.63, 3.8) is 0 Å². The van der Waals surface area contributed by atoms with Crippen LogP contribution in [0.15, 0.2) is 11.1 Å². The van der Waals surface area contributed by atoms with Gasteiger partial charge in [-0.1, -0.05) is 0 Å². The normalized spacial score (nSPS) is 17.5. The second-order valence-corrected chi connectivity index (χ2v) is 5.43. The number of rotatable bonds is 3. The number of imide groups is 1. The molecule has 0 unspecified atom stereocenters. The lowest BCUT2D eigenvalue weighted by atomic mass is 10.1. The van der Waals surface area contributed by atoms with Crippen molar-refractivity contribution in [1.82, 2.24) is 15.1 Å². The lowest BCUT2D eigenvalue weighted by molar-refractivity contribution is -0.133. The van der Waals surface area contributed by atoms with Crippen molar-refractivity contribution in [3.05, 3.63) is 11.1 Å². The minimum Gasteiger partial charge on any atom is -0.478 e. The van der Waals surface area contributed by atoms with E-state index in [-0.39, 0.29) is 11.1 Å². The zero-order chi connectivity index (χ0) is 16.2. The number of carboxylic acid groups (broad SMARTS) is 1. The van der Waals surface area contributed by atoms with Crippen LogP contribution in [0.1, 0.15) is 27.7 Å². The first-order chi connectivity index (χ1) is 9.73. The molecule has 1 saturated heterocycles. The quantitative estimate of drug-likeness (QED) is 0.747. The van der Waals surface area contributed by atoms with Crippen LogP contribution in [0.25, 0.3) is 0 Å². The predicted molar refractivity (Wildman–Crippen MR) is 77.8 cm³/mol. The molecule has 0 aromatic rings. The third kappa shape index (κ3) is 4.56.